The number of likely N-dealkylation sites (N-methyl/N-ethyl adjacent to an activating group) is 1. The molecule has 1 amide bonds. The second kappa shape index (κ2) is 5.23. The normalized spacial score (nSPS) is 19.3. The molecule has 1 aromatic carbocycles. The Morgan fingerprint density at radius 3 is 2.89 bits per heavy atom. The number of hydrogen-bond acceptors (Lipinski definition) is 5. The van der Waals surface area contributed by atoms with Crippen LogP contribution in [0, 0.1) is 10.1 Å². The highest BCUT2D eigenvalue weighted by atomic mass is 16.6. The number of likely N-dealkylation sites (tertiary alicyclic amines) is 1. The van der Waals surface area contributed by atoms with Gasteiger partial charge in [0, 0.05) is 12.1 Å². The predicted molar refractivity (Wildman–Crippen MR) is 71.8 cm³/mol. The van der Waals surface area contributed by atoms with Crippen molar-refractivity contribution in [3.05, 3.63) is 28.3 Å². The molecular formula is C12H16N4O3. The second-order valence-corrected chi connectivity index (χ2v) is 4.66. The van der Waals surface area contributed by atoms with Gasteiger partial charge < -0.3 is 11.1 Å². The van der Waals surface area contributed by atoms with Crippen LogP contribution in [-0.2, 0) is 4.79 Å². The lowest BCUT2D eigenvalue weighted by molar-refractivity contribution is -0.384. The summed E-state index contributed by atoms with van der Waals surface area (Å²) in [6.07, 6.45) is 1.76. The number of nitrogen functional groups attached to an aromatic ring is 1. The Kier molecular flexibility index (Phi) is 3.66. The molecule has 0 radical (unpaired) electrons. The van der Waals surface area contributed by atoms with Gasteiger partial charge in [-0.2, -0.15) is 0 Å². The van der Waals surface area contributed by atoms with Crippen LogP contribution in [0.4, 0.5) is 17.1 Å². The third kappa shape index (κ3) is 2.82. The molecule has 1 aromatic rings. The smallest absolute Gasteiger partial charge is 0.271 e. The largest absolute Gasteiger partial charge is 0.397 e. The maximum Gasteiger partial charge on any atom is 0.271 e. The zero-order chi connectivity index (χ0) is 14.0. The number of nitro groups is 1. The highest BCUT2D eigenvalue weighted by Gasteiger charge is 2.28. The standard InChI is InChI=1S/C12H16N4O3/c1-15-6-2-3-11(15)12(17)14-10-7-8(16(18)19)4-5-9(10)13/h4-5,7,11H,2-3,6,13H2,1H3,(H,14,17)/t11-/m1/s1. The number of nitrogens with zero attached hydrogens (tertiary/aromatic N) is 2. The van der Waals surface area contributed by atoms with Gasteiger partial charge in [-0.05, 0) is 32.5 Å². The summed E-state index contributed by atoms with van der Waals surface area (Å²) >= 11 is 0. The molecule has 1 heterocycles. The van der Waals surface area contributed by atoms with Crippen molar-refractivity contribution in [2.24, 2.45) is 0 Å². The molecule has 3 N–H and O–H groups in total. The summed E-state index contributed by atoms with van der Waals surface area (Å²) in [5.74, 6) is -0.174. The van der Waals surface area contributed by atoms with Crippen molar-refractivity contribution in [3.63, 3.8) is 0 Å². The zero-order valence-electron chi connectivity index (χ0n) is 10.6. The average molecular weight is 264 g/mol. The number of carbonyl (C=O) groups is 1. The number of non-ortho nitro benzene ring substituents is 1. The lowest BCUT2D eigenvalue weighted by Gasteiger charge is -2.19. The average Bonchev–Trinajstić information content (AvgIpc) is 2.78. The van der Waals surface area contributed by atoms with E-state index < -0.39 is 4.92 Å². The van der Waals surface area contributed by atoms with Gasteiger partial charge in [-0.1, -0.05) is 0 Å². The van der Waals surface area contributed by atoms with Gasteiger partial charge in [-0.3, -0.25) is 19.8 Å². The first-order chi connectivity index (χ1) is 8.99. The van der Waals surface area contributed by atoms with Crippen molar-refractivity contribution in [1.29, 1.82) is 0 Å². The number of nitro benzene ring substituents is 1. The Hall–Kier alpha value is -2.15. The number of amides is 1. The summed E-state index contributed by atoms with van der Waals surface area (Å²) in [6.45, 7) is 0.877. The molecule has 7 nitrogen and oxygen atoms in total. The van der Waals surface area contributed by atoms with Gasteiger partial charge >= 0.3 is 0 Å². The quantitative estimate of drug-likeness (QED) is 0.485. The van der Waals surface area contributed by atoms with E-state index in [2.05, 4.69) is 5.32 Å². The maximum atomic E-state index is 12.1. The fourth-order valence-electron chi connectivity index (χ4n) is 2.22. The van der Waals surface area contributed by atoms with Gasteiger partial charge in [0.15, 0.2) is 0 Å². The highest BCUT2D eigenvalue weighted by Crippen LogP contribution is 2.25. The van der Waals surface area contributed by atoms with Crippen LogP contribution in [0.15, 0.2) is 18.2 Å². The number of anilines is 2. The topological polar surface area (TPSA) is 102 Å². The van der Waals surface area contributed by atoms with Gasteiger partial charge in [0.25, 0.3) is 5.69 Å². The Morgan fingerprint density at radius 2 is 2.32 bits per heavy atom. The maximum absolute atomic E-state index is 12.1. The number of rotatable bonds is 3. The van der Waals surface area contributed by atoms with Crippen LogP contribution in [0.2, 0.25) is 0 Å². The van der Waals surface area contributed by atoms with E-state index in [-0.39, 0.29) is 17.6 Å². The first-order valence-corrected chi connectivity index (χ1v) is 6.04. The highest BCUT2D eigenvalue weighted by molar-refractivity contribution is 5.97. The molecule has 0 aliphatic carbocycles. The van der Waals surface area contributed by atoms with Gasteiger partial charge in [0.1, 0.15) is 0 Å². The molecule has 1 aliphatic heterocycles. The minimum Gasteiger partial charge on any atom is -0.397 e. The van der Waals surface area contributed by atoms with Crippen LogP contribution >= 0.6 is 0 Å². The Labute approximate surface area is 110 Å². The summed E-state index contributed by atoms with van der Waals surface area (Å²) in [7, 11) is 1.88. The van der Waals surface area contributed by atoms with Crippen LogP contribution in [0.5, 0.6) is 0 Å². The fourth-order valence-corrected chi connectivity index (χ4v) is 2.22. The first-order valence-electron chi connectivity index (χ1n) is 6.04. The molecule has 2 rings (SSSR count). The molecule has 1 aliphatic rings. The number of nitrogens with one attached hydrogen (secondary N) is 1. The lowest BCUT2D eigenvalue weighted by atomic mass is 10.2. The number of benzene rings is 1. The SMILES string of the molecule is CN1CCC[C@@H]1C(=O)Nc1cc([N+](=O)[O-])ccc1N. The number of carbonyl (C=O) groups excluding carboxylic acids is 1. The number of hydrogen-bond donors (Lipinski definition) is 2. The van der Waals surface area contributed by atoms with E-state index in [9.17, 15) is 14.9 Å². The van der Waals surface area contributed by atoms with E-state index in [1.54, 1.807) is 0 Å². The third-order valence-electron chi connectivity index (χ3n) is 3.33. The molecule has 0 spiro atoms. The minimum atomic E-state index is -0.517. The van der Waals surface area contributed by atoms with Crippen LogP contribution < -0.4 is 11.1 Å². The van der Waals surface area contributed by atoms with Gasteiger partial charge in [0.2, 0.25) is 5.91 Å². The first kappa shape index (κ1) is 13.3. The molecule has 0 unspecified atom stereocenters. The lowest BCUT2D eigenvalue weighted by Crippen LogP contribution is -2.37. The predicted octanol–water partition coefficient (Wildman–Crippen LogP) is 1.21. The molecule has 102 valence electrons. The van der Waals surface area contributed by atoms with Gasteiger partial charge in [0.05, 0.1) is 22.3 Å². The van der Waals surface area contributed by atoms with Crippen molar-refractivity contribution in [3.8, 4) is 0 Å². The third-order valence-corrected chi connectivity index (χ3v) is 3.33. The van der Waals surface area contributed by atoms with E-state index in [1.165, 1.54) is 18.2 Å². The summed E-state index contributed by atoms with van der Waals surface area (Å²) < 4.78 is 0. The molecule has 1 atom stereocenters. The van der Waals surface area contributed by atoms with Crippen LogP contribution in [0.3, 0.4) is 0 Å². The molecule has 19 heavy (non-hydrogen) atoms. The van der Waals surface area contributed by atoms with E-state index in [0.717, 1.165) is 19.4 Å². The summed E-state index contributed by atoms with van der Waals surface area (Å²) in [4.78, 5) is 24.2. The van der Waals surface area contributed by atoms with E-state index >= 15 is 0 Å². The van der Waals surface area contributed by atoms with E-state index in [0.29, 0.717) is 11.4 Å². The molecule has 0 aromatic heterocycles. The van der Waals surface area contributed by atoms with E-state index in [4.69, 9.17) is 5.73 Å². The molecular weight excluding hydrogens is 248 g/mol. The molecule has 7 heteroatoms. The van der Waals surface area contributed by atoms with Crippen LogP contribution in [0.1, 0.15) is 12.8 Å². The van der Waals surface area contributed by atoms with Gasteiger partial charge in [-0.15, -0.1) is 0 Å². The Balaban J connectivity index is 2.16. The Bertz CT molecular complexity index is 518. The van der Waals surface area contributed by atoms with Crippen molar-refractivity contribution < 1.29 is 9.72 Å². The zero-order valence-corrected chi connectivity index (χ0v) is 10.6. The van der Waals surface area contributed by atoms with Crippen molar-refractivity contribution in [1.82, 2.24) is 4.90 Å². The summed E-state index contributed by atoms with van der Waals surface area (Å²) in [6, 6.07) is 3.82. The molecule has 1 saturated heterocycles. The minimum absolute atomic E-state index is 0.0933. The van der Waals surface area contributed by atoms with Crippen molar-refractivity contribution in [2.45, 2.75) is 18.9 Å². The monoisotopic (exact) mass is 264 g/mol. The summed E-state index contributed by atoms with van der Waals surface area (Å²) in [5, 5.41) is 13.4. The molecule has 1 fully saturated rings. The van der Waals surface area contributed by atoms with Crippen molar-refractivity contribution >= 4 is 23.0 Å². The molecule has 0 bridgehead atoms. The molecule has 0 saturated carbocycles. The van der Waals surface area contributed by atoms with Crippen LogP contribution in [0.25, 0.3) is 0 Å². The van der Waals surface area contributed by atoms with E-state index in [1.807, 2.05) is 11.9 Å². The number of nitrogens with two attached hydrogens (primary N) is 1. The Morgan fingerprint density at radius 1 is 1.58 bits per heavy atom. The van der Waals surface area contributed by atoms with Crippen LogP contribution in [-0.4, -0.2) is 35.4 Å². The summed E-state index contributed by atoms with van der Waals surface area (Å²) in [5.41, 5.74) is 6.24. The van der Waals surface area contributed by atoms with Crippen molar-refractivity contribution in [2.75, 3.05) is 24.6 Å². The second-order valence-electron chi connectivity index (χ2n) is 4.66. The van der Waals surface area contributed by atoms with Gasteiger partial charge in [-0.25, -0.2) is 0 Å². The fraction of sp³-hybridized carbons (Fsp3) is 0.417.